The molecule has 1 fully saturated rings. The van der Waals surface area contributed by atoms with Gasteiger partial charge in [0, 0.05) is 19.3 Å². The van der Waals surface area contributed by atoms with Crippen LogP contribution in [0.4, 0.5) is 23.1 Å². The number of para-hydroxylation sites is 4. The monoisotopic (exact) mass is 492 g/mol. The number of hydrogen-bond acceptors (Lipinski definition) is 9. The van der Waals surface area contributed by atoms with Crippen LogP contribution < -0.4 is 19.7 Å². The first-order valence-corrected chi connectivity index (χ1v) is 12.5. The number of nitrogens with zero attached hydrogens (tertiary/aromatic N) is 4. The molecule has 3 heterocycles. The zero-order chi connectivity index (χ0) is 24.3. The second-order valence-electron chi connectivity index (χ2n) is 7.79. The minimum absolute atomic E-state index is 0.0210. The van der Waals surface area contributed by atoms with Gasteiger partial charge in [-0.1, -0.05) is 24.3 Å². The minimum Gasteiger partial charge on any atom is -0.495 e. The molecule has 0 saturated carbocycles. The number of ether oxygens (including phenoxy) is 2. The molecule has 2 aromatic carbocycles. The summed E-state index contributed by atoms with van der Waals surface area (Å²) in [5, 5.41) is 3.15. The van der Waals surface area contributed by atoms with E-state index in [0.717, 1.165) is 0 Å². The van der Waals surface area contributed by atoms with Gasteiger partial charge in [0.1, 0.15) is 16.5 Å². The molecule has 0 aliphatic carbocycles. The van der Waals surface area contributed by atoms with Crippen LogP contribution in [0.5, 0.6) is 5.75 Å². The topological polar surface area (TPSA) is 119 Å². The van der Waals surface area contributed by atoms with E-state index in [1.165, 1.54) is 12.3 Å². The zero-order valence-electron chi connectivity index (χ0n) is 19.0. The molecule has 10 nitrogen and oxygen atoms in total. The highest BCUT2D eigenvalue weighted by atomic mass is 32.2. The van der Waals surface area contributed by atoms with Crippen molar-refractivity contribution in [2.45, 2.75) is 4.90 Å². The maximum Gasteiger partial charge on any atom is 0.264 e. The van der Waals surface area contributed by atoms with Crippen LogP contribution in [0.25, 0.3) is 11.0 Å². The SMILES string of the molecule is COc1ccccc1Nc1nc2ccccc2nc1NS(=O)(=O)c1ccc(N2CCOCC2)nc1. The number of hydrogen-bond donors (Lipinski definition) is 2. The van der Waals surface area contributed by atoms with Gasteiger partial charge >= 0.3 is 0 Å². The first-order chi connectivity index (χ1) is 17.0. The first kappa shape index (κ1) is 22.8. The molecular weight excluding hydrogens is 468 g/mol. The normalized spacial score (nSPS) is 14.0. The lowest BCUT2D eigenvalue weighted by atomic mass is 10.3. The van der Waals surface area contributed by atoms with Crippen LogP contribution >= 0.6 is 0 Å². The van der Waals surface area contributed by atoms with Gasteiger partial charge in [0.05, 0.1) is 37.0 Å². The summed E-state index contributed by atoms with van der Waals surface area (Å²) in [5.41, 5.74) is 1.79. The molecule has 0 bridgehead atoms. The molecule has 0 amide bonds. The van der Waals surface area contributed by atoms with E-state index >= 15 is 0 Å². The quantitative estimate of drug-likeness (QED) is 0.400. The van der Waals surface area contributed by atoms with Crippen LogP contribution in [0.1, 0.15) is 0 Å². The average Bonchev–Trinajstić information content (AvgIpc) is 2.90. The van der Waals surface area contributed by atoms with E-state index in [-0.39, 0.29) is 16.5 Å². The van der Waals surface area contributed by atoms with E-state index in [1.54, 1.807) is 25.3 Å². The molecule has 11 heteroatoms. The van der Waals surface area contributed by atoms with Crippen molar-refractivity contribution in [3.63, 3.8) is 0 Å². The van der Waals surface area contributed by atoms with E-state index in [4.69, 9.17) is 9.47 Å². The summed E-state index contributed by atoms with van der Waals surface area (Å²) < 4.78 is 39.8. The third-order valence-corrected chi connectivity index (χ3v) is 6.85. The van der Waals surface area contributed by atoms with Crippen molar-refractivity contribution in [3.8, 4) is 5.75 Å². The summed E-state index contributed by atoms with van der Waals surface area (Å²) in [7, 11) is -2.43. The number of sulfonamides is 1. The Kier molecular flexibility index (Phi) is 6.34. The standard InChI is InChI=1S/C24H24N6O4S/c1-33-21-9-5-4-8-20(21)28-23-24(27-19-7-3-2-6-18(19)26-23)29-35(31,32)17-10-11-22(25-16-17)30-12-14-34-15-13-30/h2-11,16H,12-15H2,1H3,(H,26,28)(H,27,29). The smallest absolute Gasteiger partial charge is 0.264 e. The lowest BCUT2D eigenvalue weighted by molar-refractivity contribution is 0.122. The van der Waals surface area contributed by atoms with Gasteiger partial charge in [0.25, 0.3) is 10.0 Å². The van der Waals surface area contributed by atoms with Gasteiger partial charge in [-0.3, -0.25) is 4.72 Å². The molecule has 2 N–H and O–H groups in total. The van der Waals surface area contributed by atoms with Gasteiger partial charge in [0.15, 0.2) is 11.6 Å². The zero-order valence-corrected chi connectivity index (χ0v) is 19.8. The maximum atomic E-state index is 13.2. The van der Waals surface area contributed by atoms with Crippen molar-refractivity contribution >= 4 is 44.2 Å². The molecule has 5 rings (SSSR count). The van der Waals surface area contributed by atoms with Crippen LogP contribution in [0.3, 0.4) is 0 Å². The predicted octanol–water partition coefficient (Wildman–Crippen LogP) is 3.41. The number of morpholine rings is 1. The van der Waals surface area contributed by atoms with Crippen molar-refractivity contribution in [2.24, 2.45) is 0 Å². The summed E-state index contributed by atoms with van der Waals surface area (Å²) in [5.74, 6) is 1.59. The van der Waals surface area contributed by atoms with Gasteiger partial charge in [-0.05, 0) is 36.4 Å². The molecule has 0 radical (unpaired) electrons. The third kappa shape index (κ3) is 4.96. The summed E-state index contributed by atoms with van der Waals surface area (Å²) in [6, 6.07) is 17.7. The van der Waals surface area contributed by atoms with Crippen LogP contribution in [0.15, 0.2) is 71.8 Å². The number of pyridine rings is 1. The molecule has 1 aliphatic heterocycles. The number of anilines is 4. The number of fused-ring (bicyclic) bond motifs is 1. The Bertz CT molecular complexity index is 1440. The average molecular weight is 493 g/mol. The number of nitrogens with one attached hydrogen (secondary N) is 2. The largest absolute Gasteiger partial charge is 0.495 e. The fraction of sp³-hybridized carbons (Fsp3) is 0.208. The highest BCUT2D eigenvalue weighted by Gasteiger charge is 2.21. The Morgan fingerprint density at radius 1 is 0.914 bits per heavy atom. The molecule has 180 valence electrons. The summed E-state index contributed by atoms with van der Waals surface area (Å²) >= 11 is 0. The van der Waals surface area contributed by atoms with Crippen molar-refractivity contribution in [2.75, 3.05) is 48.4 Å². The third-order valence-electron chi connectivity index (χ3n) is 5.53. The molecule has 2 aromatic heterocycles. The number of rotatable bonds is 7. The number of aromatic nitrogens is 3. The Morgan fingerprint density at radius 3 is 2.29 bits per heavy atom. The van der Waals surface area contributed by atoms with Crippen LogP contribution in [-0.2, 0) is 14.8 Å². The Labute approximate surface area is 203 Å². The number of methoxy groups -OCH3 is 1. The van der Waals surface area contributed by atoms with Crippen molar-refractivity contribution in [1.82, 2.24) is 15.0 Å². The van der Waals surface area contributed by atoms with Gasteiger partial charge < -0.3 is 19.7 Å². The molecular formula is C24H24N6O4S. The molecule has 35 heavy (non-hydrogen) atoms. The molecule has 1 aliphatic rings. The van der Waals surface area contributed by atoms with Crippen molar-refractivity contribution in [1.29, 1.82) is 0 Å². The second kappa shape index (κ2) is 9.72. The summed E-state index contributed by atoms with van der Waals surface area (Å²) in [6.45, 7) is 2.65. The van der Waals surface area contributed by atoms with Crippen molar-refractivity contribution < 1.29 is 17.9 Å². The Morgan fingerprint density at radius 2 is 1.60 bits per heavy atom. The van der Waals surface area contributed by atoms with Crippen LogP contribution in [0, 0.1) is 0 Å². The maximum absolute atomic E-state index is 13.2. The fourth-order valence-electron chi connectivity index (χ4n) is 3.73. The first-order valence-electron chi connectivity index (χ1n) is 11.0. The van der Waals surface area contributed by atoms with E-state index in [1.807, 2.05) is 36.4 Å². The van der Waals surface area contributed by atoms with E-state index < -0.39 is 10.0 Å². The lowest BCUT2D eigenvalue weighted by Gasteiger charge is -2.27. The van der Waals surface area contributed by atoms with Gasteiger partial charge in [-0.2, -0.15) is 0 Å². The summed E-state index contributed by atoms with van der Waals surface area (Å²) in [4.78, 5) is 15.6. The second-order valence-corrected chi connectivity index (χ2v) is 9.47. The van der Waals surface area contributed by atoms with E-state index in [9.17, 15) is 8.42 Å². The fourth-order valence-corrected chi connectivity index (χ4v) is 4.68. The van der Waals surface area contributed by atoms with Gasteiger partial charge in [0.2, 0.25) is 0 Å². The molecule has 0 spiro atoms. The highest BCUT2D eigenvalue weighted by molar-refractivity contribution is 7.92. The van der Waals surface area contributed by atoms with Crippen LogP contribution in [-0.4, -0.2) is 56.8 Å². The van der Waals surface area contributed by atoms with Gasteiger partial charge in [-0.25, -0.2) is 23.4 Å². The predicted molar refractivity (Wildman–Crippen MR) is 134 cm³/mol. The molecule has 0 unspecified atom stereocenters. The molecule has 0 atom stereocenters. The summed E-state index contributed by atoms with van der Waals surface area (Å²) in [6.07, 6.45) is 1.34. The van der Waals surface area contributed by atoms with Crippen molar-refractivity contribution in [3.05, 3.63) is 66.9 Å². The minimum atomic E-state index is -3.99. The molecule has 1 saturated heterocycles. The van der Waals surface area contributed by atoms with Gasteiger partial charge in [-0.15, -0.1) is 0 Å². The highest BCUT2D eigenvalue weighted by Crippen LogP contribution is 2.31. The Hall–Kier alpha value is -3.96. The van der Waals surface area contributed by atoms with Crippen LogP contribution in [0.2, 0.25) is 0 Å². The molecule has 4 aromatic rings. The Balaban J connectivity index is 1.48. The van der Waals surface area contributed by atoms with E-state index in [2.05, 4.69) is 29.9 Å². The number of benzene rings is 2. The van der Waals surface area contributed by atoms with E-state index in [0.29, 0.717) is 54.6 Å². The lowest BCUT2D eigenvalue weighted by Crippen LogP contribution is -2.36.